The number of methoxy groups -OCH3 is 1. The van der Waals surface area contributed by atoms with Gasteiger partial charge in [0.05, 0.1) is 14.2 Å². The molecule has 0 bridgehead atoms. The first-order valence-corrected chi connectivity index (χ1v) is 8.37. The minimum Gasteiger partial charge on any atom is -0.497 e. The molecule has 0 saturated heterocycles. The van der Waals surface area contributed by atoms with E-state index in [0.717, 1.165) is 30.8 Å². The Hall–Kier alpha value is -1.89. The van der Waals surface area contributed by atoms with Gasteiger partial charge in [-0.15, -0.1) is 11.3 Å². The SMILES string of the molecule is CONC(=O)C(c1ccc(OC)cc1)N1CCc2sccc2C1. The number of nitrogens with zero attached hydrogens (tertiary/aromatic N) is 1. The zero-order chi connectivity index (χ0) is 16.2. The molecule has 2 aromatic rings. The smallest absolute Gasteiger partial charge is 0.265 e. The maximum Gasteiger partial charge on any atom is 0.265 e. The number of fused-ring (bicyclic) bond motifs is 1. The summed E-state index contributed by atoms with van der Waals surface area (Å²) in [4.78, 5) is 21.0. The Morgan fingerprint density at radius 1 is 1.26 bits per heavy atom. The second-order valence-corrected chi connectivity index (χ2v) is 6.44. The van der Waals surface area contributed by atoms with E-state index in [9.17, 15) is 4.79 Å². The normalized spacial score (nSPS) is 15.7. The van der Waals surface area contributed by atoms with Crippen LogP contribution >= 0.6 is 11.3 Å². The molecule has 5 nitrogen and oxygen atoms in total. The van der Waals surface area contributed by atoms with Crippen LogP contribution in [0.1, 0.15) is 22.0 Å². The molecule has 1 aliphatic heterocycles. The quantitative estimate of drug-likeness (QED) is 0.855. The van der Waals surface area contributed by atoms with Crippen LogP contribution in [0.3, 0.4) is 0 Å². The van der Waals surface area contributed by atoms with E-state index >= 15 is 0 Å². The van der Waals surface area contributed by atoms with Gasteiger partial charge in [0.15, 0.2) is 0 Å². The molecule has 2 heterocycles. The van der Waals surface area contributed by atoms with Crippen molar-refractivity contribution in [1.82, 2.24) is 10.4 Å². The number of carbonyl (C=O) groups excluding carboxylic acids is 1. The number of hydrogen-bond donors (Lipinski definition) is 1. The average molecular weight is 332 g/mol. The van der Waals surface area contributed by atoms with Crippen LogP contribution in [0.15, 0.2) is 35.7 Å². The molecular formula is C17H20N2O3S. The number of rotatable bonds is 5. The summed E-state index contributed by atoms with van der Waals surface area (Å²) in [5, 5.41) is 2.12. The molecule has 3 rings (SSSR count). The molecule has 122 valence electrons. The lowest BCUT2D eigenvalue weighted by Crippen LogP contribution is -2.42. The van der Waals surface area contributed by atoms with Gasteiger partial charge in [0, 0.05) is 18.0 Å². The number of ether oxygens (including phenoxy) is 1. The summed E-state index contributed by atoms with van der Waals surface area (Å²) < 4.78 is 5.20. The first-order valence-electron chi connectivity index (χ1n) is 7.49. The lowest BCUT2D eigenvalue weighted by atomic mass is 10.0. The highest BCUT2D eigenvalue weighted by Crippen LogP contribution is 2.31. The Morgan fingerprint density at radius 3 is 2.74 bits per heavy atom. The van der Waals surface area contributed by atoms with Crippen LogP contribution in [-0.4, -0.2) is 31.6 Å². The van der Waals surface area contributed by atoms with Crippen molar-refractivity contribution in [3.63, 3.8) is 0 Å². The number of thiophene rings is 1. The Kier molecular flexibility index (Phi) is 4.95. The third-order valence-corrected chi connectivity index (χ3v) is 5.11. The van der Waals surface area contributed by atoms with Gasteiger partial charge in [0.25, 0.3) is 5.91 Å². The minimum absolute atomic E-state index is 0.156. The number of carbonyl (C=O) groups is 1. The highest BCUT2D eigenvalue weighted by atomic mass is 32.1. The third-order valence-electron chi connectivity index (χ3n) is 4.08. The summed E-state index contributed by atoms with van der Waals surface area (Å²) in [6.07, 6.45) is 0.972. The van der Waals surface area contributed by atoms with E-state index < -0.39 is 0 Å². The minimum atomic E-state index is -0.381. The molecular weight excluding hydrogens is 312 g/mol. The summed E-state index contributed by atoms with van der Waals surface area (Å²) in [5.41, 5.74) is 4.72. The molecule has 1 amide bonds. The van der Waals surface area contributed by atoms with Gasteiger partial charge in [-0.05, 0) is 41.1 Å². The van der Waals surface area contributed by atoms with Crippen LogP contribution < -0.4 is 10.2 Å². The zero-order valence-corrected chi connectivity index (χ0v) is 14.1. The maximum atomic E-state index is 12.5. The molecule has 1 unspecified atom stereocenters. The van der Waals surface area contributed by atoms with Crippen molar-refractivity contribution >= 4 is 17.2 Å². The topological polar surface area (TPSA) is 50.8 Å². The predicted octanol–water partition coefficient (Wildman–Crippen LogP) is 2.53. The van der Waals surface area contributed by atoms with Gasteiger partial charge in [0.1, 0.15) is 11.8 Å². The van der Waals surface area contributed by atoms with E-state index in [-0.39, 0.29) is 11.9 Å². The Balaban J connectivity index is 1.87. The van der Waals surface area contributed by atoms with Crippen molar-refractivity contribution in [2.24, 2.45) is 0 Å². The molecule has 1 aliphatic rings. The van der Waals surface area contributed by atoms with Gasteiger partial charge in [0.2, 0.25) is 0 Å². The molecule has 0 fully saturated rings. The van der Waals surface area contributed by atoms with Gasteiger partial charge in [-0.2, -0.15) is 0 Å². The van der Waals surface area contributed by atoms with Crippen LogP contribution in [0.25, 0.3) is 0 Å². The van der Waals surface area contributed by atoms with Crippen molar-refractivity contribution in [3.05, 3.63) is 51.7 Å². The summed E-state index contributed by atoms with van der Waals surface area (Å²) in [6, 6.07) is 9.38. The van der Waals surface area contributed by atoms with Crippen LogP contribution in [-0.2, 0) is 22.6 Å². The van der Waals surface area contributed by atoms with Gasteiger partial charge < -0.3 is 4.74 Å². The van der Waals surface area contributed by atoms with E-state index in [1.165, 1.54) is 17.6 Å². The van der Waals surface area contributed by atoms with Crippen molar-refractivity contribution in [2.75, 3.05) is 20.8 Å². The Morgan fingerprint density at radius 2 is 2.04 bits per heavy atom. The molecule has 6 heteroatoms. The highest BCUT2D eigenvalue weighted by Gasteiger charge is 2.30. The largest absolute Gasteiger partial charge is 0.497 e. The molecule has 1 aromatic carbocycles. The summed E-state index contributed by atoms with van der Waals surface area (Å²) >= 11 is 1.79. The number of nitrogens with one attached hydrogen (secondary N) is 1. The van der Waals surface area contributed by atoms with Gasteiger partial charge in [-0.25, -0.2) is 5.48 Å². The summed E-state index contributed by atoms with van der Waals surface area (Å²) in [6.45, 7) is 1.62. The van der Waals surface area contributed by atoms with Crippen molar-refractivity contribution in [2.45, 2.75) is 19.0 Å². The first-order chi connectivity index (χ1) is 11.2. The average Bonchev–Trinajstić information content (AvgIpc) is 3.04. The van der Waals surface area contributed by atoms with Crippen molar-refractivity contribution < 1.29 is 14.4 Å². The fourth-order valence-electron chi connectivity index (χ4n) is 2.96. The fraction of sp³-hybridized carbons (Fsp3) is 0.353. The van der Waals surface area contributed by atoms with E-state index in [4.69, 9.17) is 9.57 Å². The second kappa shape index (κ2) is 7.12. The van der Waals surface area contributed by atoms with Crippen molar-refractivity contribution in [1.29, 1.82) is 0 Å². The molecule has 0 saturated carbocycles. The molecule has 0 spiro atoms. The van der Waals surface area contributed by atoms with E-state index in [1.54, 1.807) is 18.4 Å². The Bertz CT molecular complexity index is 669. The van der Waals surface area contributed by atoms with Crippen LogP contribution in [0.5, 0.6) is 5.75 Å². The maximum absolute atomic E-state index is 12.5. The van der Waals surface area contributed by atoms with Crippen LogP contribution in [0.4, 0.5) is 0 Å². The molecule has 23 heavy (non-hydrogen) atoms. The van der Waals surface area contributed by atoms with Crippen LogP contribution in [0.2, 0.25) is 0 Å². The van der Waals surface area contributed by atoms with E-state index in [1.807, 2.05) is 24.3 Å². The monoisotopic (exact) mass is 332 g/mol. The lowest BCUT2D eigenvalue weighted by Gasteiger charge is -2.33. The molecule has 1 aromatic heterocycles. The first kappa shape index (κ1) is 16.0. The zero-order valence-electron chi connectivity index (χ0n) is 13.2. The number of benzene rings is 1. The van der Waals surface area contributed by atoms with Gasteiger partial charge >= 0.3 is 0 Å². The lowest BCUT2D eigenvalue weighted by molar-refractivity contribution is -0.137. The molecule has 1 atom stereocenters. The number of hydroxylamine groups is 1. The fourth-order valence-corrected chi connectivity index (χ4v) is 3.85. The third kappa shape index (κ3) is 3.39. The second-order valence-electron chi connectivity index (χ2n) is 5.44. The van der Waals surface area contributed by atoms with Gasteiger partial charge in [-0.3, -0.25) is 14.5 Å². The van der Waals surface area contributed by atoms with Gasteiger partial charge in [-0.1, -0.05) is 12.1 Å². The summed E-state index contributed by atoms with van der Waals surface area (Å²) in [7, 11) is 3.09. The standard InChI is InChI=1S/C17H20N2O3S/c1-21-14-5-3-12(4-6-14)16(17(20)18-22-2)19-9-7-15-13(11-19)8-10-23-15/h3-6,8,10,16H,7,9,11H2,1-2H3,(H,18,20). The van der Waals surface area contributed by atoms with E-state index in [0.29, 0.717) is 0 Å². The highest BCUT2D eigenvalue weighted by molar-refractivity contribution is 7.10. The van der Waals surface area contributed by atoms with E-state index in [2.05, 4.69) is 21.8 Å². The number of hydrogen-bond acceptors (Lipinski definition) is 5. The summed E-state index contributed by atoms with van der Waals surface area (Å²) in [5.74, 6) is 0.620. The van der Waals surface area contributed by atoms with Crippen molar-refractivity contribution in [3.8, 4) is 5.75 Å². The van der Waals surface area contributed by atoms with Crippen LogP contribution in [0, 0.1) is 0 Å². The molecule has 1 N–H and O–H groups in total. The molecule has 0 aliphatic carbocycles. The molecule has 0 radical (unpaired) electrons. The predicted molar refractivity (Wildman–Crippen MR) is 89.3 cm³/mol. The Labute approximate surface area is 139 Å². The number of amides is 1.